The van der Waals surface area contributed by atoms with Gasteiger partial charge < -0.3 is 20.8 Å². The van der Waals surface area contributed by atoms with Gasteiger partial charge in [-0.2, -0.15) is 0 Å². The number of nitrogens with one attached hydrogen (secondary N) is 2. The van der Waals surface area contributed by atoms with Gasteiger partial charge >= 0.3 is 0 Å². The molecule has 4 N–H and O–H groups in total. The Kier molecular flexibility index (Phi) is 13.3. The molecule has 2 aromatic heterocycles. The molecule has 0 bridgehead atoms. The smallest absolute Gasteiger partial charge is 0.155 e. The fourth-order valence-corrected chi connectivity index (χ4v) is 3.79. The second-order valence-electron chi connectivity index (χ2n) is 8.44. The van der Waals surface area contributed by atoms with Crippen LogP contribution in [0.2, 0.25) is 0 Å². The van der Waals surface area contributed by atoms with Crippen molar-refractivity contribution in [2.75, 3.05) is 22.9 Å². The minimum atomic E-state index is 0.548. The summed E-state index contributed by atoms with van der Waals surface area (Å²) >= 11 is 0. The summed E-state index contributed by atoms with van der Waals surface area (Å²) < 4.78 is 5.32. The first-order chi connectivity index (χ1) is 15.3. The first-order valence-electron chi connectivity index (χ1n) is 12.4. The van der Waals surface area contributed by atoms with Crippen molar-refractivity contribution in [3.05, 3.63) is 30.5 Å². The highest BCUT2D eigenvalue weighted by Gasteiger charge is 2.08. The highest BCUT2D eigenvalue weighted by atomic mass is 16.3. The van der Waals surface area contributed by atoms with Crippen molar-refractivity contribution >= 4 is 17.3 Å². The molecule has 0 aliphatic rings. The molecule has 0 atom stereocenters. The molecule has 2 rings (SSSR count). The van der Waals surface area contributed by atoms with Gasteiger partial charge in [0.15, 0.2) is 11.6 Å². The molecule has 0 spiro atoms. The molecule has 2 aromatic rings. The number of unbranched alkanes of at least 4 members (excludes halogenated alkanes) is 13. The van der Waals surface area contributed by atoms with Gasteiger partial charge in [0.2, 0.25) is 0 Å². The van der Waals surface area contributed by atoms with Gasteiger partial charge in [-0.15, -0.1) is 0 Å². The molecule has 0 saturated carbocycles. The second-order valence-corrected chi connectivity index (χ2v) is 8.44. The van der Waals surface area contributed by atoms with Gasteiger partial charge in [-0.1, -0.05) is 90.4 Å². The number of hydrogen-bond donors (Lipinski definition) is 3. The van der Waals surface area contributed by atoms with Crippen LogP contribution in [-0.4, -0.2) is 16.5 Å². The van der Waals surface area contributed by atoms with E-state index in [9.17, 15) is 0 Å². The van der Waals surface area contributed by atoms with Crippen LogP contribution in [-0.2, 0) is 6.54 Å². The van der Waals surface area contributed by atoms with Crippen LogP contribution in [0.15, 0.2) is 29.1 Å². The molecule has 6 nitrogen and oxygen atoms in total. The van der Waals surface area contributed by atoms with Gasteiger partial charge in [-0.05, 0) is 18.6 Å². The monoisotopic (exact) mass is 429 g/mol. The summed E-state index contributed by atoms with van der Waals surface area (Å²) in [6, 6.07) is 3.78. The summed E-state index contributed by atoms with van der Waals surface area (Å²) in [4.78, 5) is 8.51. The molecule has 0 saturated heterocycles. The maximum atomic E-state index is 6.20. The van der Waals surface area contributed by atoms with Crippen molar-refractivity contribution in [1.82, 2.24) is 9.97 Å². The Bertz CT molecular complexity index is 675. The van der Waals surface area contributed by atoms with Crippen LogP contribution in [0.3, 0.4) is 0 Å². The number of nitrogen functional groups attached to an aromatic ring is 1. The SMILES string of the molecule is CCCCCCCCCCCCCCCCNc1ncnc(NCc2ccco2)c1N. The third-order valence-corrected chi connectivity index (χ3v) is 5.72. The third-order valence-electron chi connectivity index (χ3n) is 5.72. The average Bonchev–Trinajstić information content (AvgIpc) is 3.30. The first-order valence-corrected chi connectivity index (χ1v) is 12.4. The Morgan fingerprint density at radius 2 is 1.32 bits per heavy atom. The Morgan fingerprint density at radius 3 is 1.87 bits per heavy atom. The first kappa shape index (κ1) is 25.0. The zero-order chi connectivity index (χ0) is 22.0. The normalized spacial score (nSPS) is 11.0. The average molecular weight is 430 g/mol. The van der Waals surface area contributed by atoms with Crippen molar-refractivity contribution in [2.24, 2.45) is 0 Å². The highest BCUT2D eigenvalue weighted by Crippen LogP contribution is 2.23. The summed E-state index contributed by atoms with van der Waals surface area (Å²) in [5.41, 5.74) is 6.76. The maximum Gasteiger partial charge on any atom is 0.155 e. The molecule has 6 heteroatoms. The molecule has 0 aliphatic heterocycles. The van der Waals surface area contributed by atoms with Crippen molar-refractivity contribution in [2.45, 2.75) is 103 Å². The van der Waals surface area contributed by atoms with Crippen molar-refractivity contribution < 1.29 is 4.42 Å². The Balaban J connectivity index is 1.45. The van der Waals surface area contributed by atoms with E-state index in [1.807, 2.05) is 12.1 Å². The molecule has 2 heterocycles. The van der Waals surface area contributed by atoms with Crippen LogP contribution in [0.5, 0.6) is 0 Å². The van der Waals surface area contributed by atoms with E-state index in [2.05, 4.69) is 27.5 Å². The molecule has 0 radical (unpaired) electrons. The molecule has 0 fully saturated rings. The van der Waals surface area contributed by atoms with E-state index in [1.165, 1.54) is 89.8 Å². The fraction of sp³-hybridized carbons (Fsp3) is 0.680. The van der Waals surface area contributed by atoms with E-state index in [4.69, 9.17) is 10.2 Å². The van der Waals surface area contributed by atoms with E-state index >= 15 is 0 Å². The van der Waals surface area contributed by atoms with Crippen LogP contribution in [0, 0.1) is 0 Å². The number of furan rings is 1. The molecular weight excluding hydrogens is 386 g/mol. The topological polar surface area (TPSA) is 89.0 Å². The van der Waals surface area contributed by atoms with E-state index in [1.54, 1.807) is 6.26 Å². The number of nitrogens with two attached hydrogens (primary N) is 1. The number of anilines is 3. The molecule has 0 unspecified atom stereocenters. The van der Waals surface area contributed by atoms with Gasteiger partial charge in [-0.3, -0.25) is 0 Å². The van der Waals surface area contributed by atoms with E-state index in [0.717, 1.165) is 18.7 Å². The zero-order valence-corrected chi connectivity index (χ0v) is 19.5. The quantitative estimate of drug-likeness (QED) is 0.205. The van der Waals surface area contributed by atoms with Gasteiger partial charge in [0, 0.05) is 6.54 Å². The predicted molar refractivity (Wildman–Crippen MR) is 131 cm³/mol. The molecule has 31 heavy (non-hydrogen) atoms. The van der Waals surface area contributed by atoms with E-state index < -0.39 is 0 Å². The van der Waals surface area contributed by atoms with Crippen molar-refractivity contribution in [3.63, 3.8) is 0 Å². The van der Waals surface area contributed by atoms with Crippen molar-refractivity contribution in [3.8, 4) is 0 Å². The molecule has 0 aliphatic carbocycles. The summed E-state index contributed by atoms with van der Waals surface area (Å²) in [5, 5.41) is 6.55. The van der Waals surface area contributed by atoms with Crippen LogP contribution in [0.4, 0.5) is 17.3 Å². The lowest BCUT2D eigenvalue weighted by Gasteiger charge is -2.12. The van der Waals surface area contributed by atoms with Crippen LogP contribution >= 0.6 is 0 Å². The van der Waals surface area contributed by atoms with Gasteiger partial charge in [0.25, 0.3) is 0 Å². The van der Waals surface area contributed by atoms with Crippen LogP contribution < -0.4 is 16.4 Å². The van der Waals surface area contributed by atoms with E-state index in [-0.39, 0.29) is 0 Å². The lowest BCUT2D eigenvalue weighted by atomic mass is 10.0. The number of nitrogens with zero attached hydrogens (tertiary/aromatic N) is 2. The van der Waals surface area contributed by atoms with Crippen molar-refractivity contribution in [1.29, 1.82) is 0 Å². The minimum Gasteiger partial charge on any atom is -0.467 e. The number of rotatable bonds is 19. The molecular formula is C25H43N5O. The van der Waals surface area contributed by atoms with Crippen LogP contribution in [0.25, 0.3) is 0 Å². The molecule has 0 amide bonds. The molecule has 174 valence electrons. The number of hydrogen-bond acceptors (Lipinski definition) is 6. The summed E-state index contributed by atoms with van der Waals surface area (Å²) in [7, 11) is 0. The minimum absolute atomic E-state index is 0.548. The Labute approximate surface area is 188 Å². The highest BCUT2D eigenvalue weighted by molar-refractivity contribution is 5.73. The van der Waals surface area contributed by atoms with E-state index in [0.29, 0.717) is 23.9 Å². The predicted octanol–water partition coefficient (Wildman–Crippen LogP) is 7.16. The zero-order valence-electron chi connectivity index (χ0n) is 19.5. The third kappa shape index (κ3) is 11.1. The largest absolute Gasteiger partial charge is 0.467 e. The molecule has 0 aromatic carbocycles. The lowest BCUT2D eigenvalue weighted by molar-refractivity contribution is 0.518. The fourth-order valence-electron chi connectivity index (χ4n) is 3.79. The maximum absolute atomic E-state index is 6.20. The second kappa shape index (κ2) is 16.5. The summed E-state index contributed by atoms with van der Waals surface area (Å²) in [6.07, 6.45) is 22.4. The Morgan fingerprint density at radius 1 is 0.774 bits per heavy atom. The van der Waals surface area contributed by atoms with Gasteiger partial charge in [0.05, 0.1) is 12.8 Å². The number of aromatic nitrogens is 2. The summed E-state index contributed by atoms with van der Waals surface area (Å²) in [5.74, 6) is 2.18. The Hall–Kier alpha value is -2.24. The summed E-state index contributed by atoms with van der Waals surface area (Å²) in [6.45, 7) is 3.72. The van der Waals surface area contributed by atoms with Gasteiger partial charge in [0.1, 0.15) is 17.8 Å². The standard InChI is InChI=1S/C25H43N5O/c1-2-3-4-5-6-7-8-9-10-11-12-13-14-15-18-27-24-23(26)25(30-21-29-24)28-20-22-17-16-19-31-22/h16-17,19,21H,2-15,18,20,26H2,1H3,(H2,27,28,29,30). The van der Waals surface area contributed by atoms with Crippen LogP contribution in [0.1, 0.15) is 103 Å². The lowest BCUT2D eigenvalue weighted by Crippen LogP contribution is -2.10. The van der Waals surface area contributed by atoms with Gasteiger partial charge in [-0.25, -0.2) is 9.97 Å².